The van der Waals surface area contributed by atoms with Gasteiger partial charge in [-0.05, 0) is 24.5 Å². The van der Waals surface area contributed by atoms with Crippen LogP contribution in [0.25, 0.3) is 22.6 Å². The third kappa shape index (κ3) is 2.14. The lowest BCUT2D eigenvalue weighted by molar-refractivity contribution is 0.0602. The highest BCUT2D eigenvalue weighted by Gasteiger charge is 2.44. The zero-order chi connectivity index (χ0) is 16.7. The molecular weight excluding hydrogens is 304 g/mol. The number of ether oxygens (including phenoxy) is 1. The molecule has 1 aromatic carbocycles. The lowest BCUT2D eigenvalue weighted by Gasteiger charge is -2.06. The van der Waals surface area contributed by atoms with E-state index in [9.17, 15) is 10.1 Å². The fraction of sp³-hybridized carbons (Fsp3) is 0.222. The molecule has 118 valence electrons. The molecule has 0 radical (unpaired) electrons. The first kappa shape index (κ1) is 14.4. The van der Waals surface area contributed by atoms with Gasteiger partial charge in [-0.3, -0.25) is 0 Å². The molecule has 0 bridgehead atoms. The third-order valence-corrected chi connectivity index (χ3v) is 4.47. The van der Waals surface area contributed by atoms with Crippen LogP contribution in [0.15, 0.2) is 36.5 Å². The summed E-state index contributed by atoms with van der Waals surface area (Å²) in [5.41, 5.74) is 3.04. The van der Waals surface area contributed by atoms with Crippen molar-refractivity contribution in [2.75, 3.05) is 7.11 Å². The van der Waals surface area contributed by atoms with E-state index in [2.05, 4.69) is 21.0 Å². The molecule has 0 atom stereocenters. The maximum absolute atomic E-state index is 11.8. The average Bonchev–Trinajstić information content (AvgIpc) is 3.31. The van der Waals surface area contributed by atoms with E-state index in [1.807, 2.05) is 24.3 Å². The predicted molar refractivity (Wildman–Crippen MR) is 87.2 cm³/mol. The standard InChI is InChI=1S/C18H14N4O2/c1-24-17(23)13-6-9-20-16-14(13)21-15(22-16)11-2-4-12(5-3-11)18(10-19)7-8-18/h2-6,9H,7-8H2,1H3,(H,20,21,22). The van der Waals surface area contributed by atoms with Gasteiger partial charge in [0.2, 0.25) is 0 Å². The lowest BCUT2D eigenvalue weighted by Crippen LogP contribution is -2.02. The Hall–Kier alpha value is -3.20. The number of carbonyl (C=O) groups is 1. The molecule has 1 aliphatic carbocycles. The highest BCUT2D eigenvalue weighted by atomic mass is 16.5. The van der Waals surface area contributed by atoms with Gasteiger partial charge in [0.25, 0.3) is 0 Å². The largest absolute Gasteiger partial charge is 0.465 e. The Bertz CT molecular complexity index is 978. The van der Waals surface area contributed by atoms with E-state index in [0.717, 1.165) is 24.0 Å². The smallest absolute Gasteiger partial charge is 0.340 e. The molecule has 2 heterocycles. The number of pyridine rings is 1. The molecule has 6 nitrogen and oxygen atoms in total. The fourth-order valence-corrected chi connectivity index (χ4v) is 2.86. The van der Waals surface area contributed by atoms with Gasteiger partial charge in [-0.15, -0.1) is 0 Å². The molecule has 1 fully saturated rings. The second kappa shape index (κ2) is 5.17. The summed E-state index contributed by atoms with van der Waals surface area (Å²) >= 11 is 0. The molecule has 0 aliphatic heterocycles. The van der Waals surface area contributed by atoms with Gasteiger partial charge in [0.05, 0.1) is 29.7 Å². The van der Waals surface area contributed by atoms with Crippen molar-refractivity contribution < 1.29 is 9.53 Å². The number of imidazole rings is 1. The molecule has 24 heavy (non-hydrogen) atoms. The van der Waals surface area contributed by atoms with E-state index in [-0.39, 0.29) is 5.41 Å². The van der Waals surface area contributed by atoms with Crippen LogP contribution in [0, 0.1) is 11.3 Å². The van der Waals surface area contributed by atoms with Crippen molar-refractivity contribution in [2.24, 2.45) is 0 Å². The first-order valence-corrected chi connectivity index (χ1v) is 7.62. The summed E-state index contributed by atoms with van der Waals surface area (Å²) in [6.07, 6.45) is 3.37. The molecule has 1 N–H and O–H groups in total. The Labute approximate surface area is 138 Å². The Morgan fingerprint density at radius 1 is 1.29 bits per heavy atom. The summed E-state index contributed by atoms with van der Waals surface area (Å²) in [4.78, 5) is 23.6. The maximum atomic E-state index is 11.8. The van der Waals surface area contributed by atoms with Crippen molar-refractivity contribution in [1.82, 2.24) is 15.0 Å². The van der Waals surface area contributed by atoms with Gasteiger partial charge >= 0.3 is 5.97 Å². The monoisotopic (exact) mass is 318 g/mol. The van der Waals surface area contributed by atoms with E-state index >= 15 is 0 Å². The molecule has 2 aromatic heterocycles. The Morgan fingerprint density at radius 3 is 2.67 bits per heavy atom. The number of nitrogens with one attached hydrogen (secondary N) is 1. The normalized spacial score (nSPS) is 15.0. The molecule has 0 unspecified atom stereocenters. The molecule has 0 saturated heterocycles. The van der Waals surface area contributed by atoms with Gasteiger partial charge in [0.15, 0.2) is 5.65 Å². The number of aromatic amines is 1. The van der Waals surface area contributed by atoms with Crippen molar-refractivity contribution in [1.29, 1.82) is 5.26 Å². The molecular formula is C18H14N4O2. The molecule has 0 amide bonds. The minimum atomic E-state index is -0.433. The van der Waals surface area contributed by atoms with E-state index in [4.69, 9.17) is 4.74 Å². The zero-order valence-corrected chi connectivity index (χ0v) is 13.0. The highest BCUT2D eigenvalue weighted by molar-refractivity contribution is 6.01. The summed E-state index contributed by atoms with van der Waals surface area (Å²) in [5, 5.41) is 9.28. The number of nitriles is 1. The predicted octanol–water partition coefficient (Wildman–Crippen LogP) is 2.97. The van der Waals surface area contributed by atoms with Gasteiger partial charge in [-0.25, -0.2) is 14.8 Å². The minimum absolute atomic E-state index is 0.300. The Morgan fingerprint density at radius 2 is 2.04 bits per heavy atom. The first-order chi connectivity index (χ1) is 11.7. The summed E-state index contributed by atoms with van der Waals surface area (Å²) in [7, 11) is 1.34. The third-order valence-electron chi connectivity index (χ3n) is 4.47. The number of rotatable bonds is 3. The number of benzene rings is 1. The summed E-state index contributed by atoms with van der Waals surface area (Å²) in [6, 6.07) is 11.8. The van der Waals surface area contributed by atoms with Gasteiger partial charge in [-0.2, -0.15) is 5.26 Å². The number of carbonyl (C=O) groups excluding carboxylic acids is 1. The minimum Gasteiger partial charge on any atom is -0.465 e. The van der Waals surface area contributed by atoms with Gasteiger partial charge < -0.3 is 9.72 Å². The number of hydrogen-bond donors (Lipinski definition) is 1. The van der Waals surface area contributed by atoms with Crippen LogP contribution in [0.3, 0.4) is 0 Å². The molecule has 1 aliphatic rings. The number of hydrogen-bond acceptors (Lipinski definition) is 5. The zero-order valence-electron chi connectivity index (χ0n) is 13.0. The number of methoxy groups -OCH3 is 1. The van der Waals surface area contributed by atoms with Crippen molar-refractivity contribution >= 4 is 17.1 Å². The second-order valence-electron chi connectivity index (χ2n) is 5.91. The van der Waals surface area contributed by atoms with Crippen LogP contribution in [0.1, 0.15) is 28.8 Å². The summed E-state index contributed by atoms with van der Waals surface area (Å²) < 4.78 is 4.79. The Balaban J connectivity index is 1.75. The molecule has 4 rings (SSSR count). The summed E-state index contributed by atoms with van der Waals surface area (Å²) in [5.74, 6) is 0.194. The maximum Gasteiger partial charge on any atom is 0.340 e. The van der Waals surface area contributed by atoms with Crippen molar-refractivity contribution in [3.05, 3.63) is 47.7 Å². The fourth-order valence-electron chi connectivity index (χ4n) is 2.86. The summed E-state index contributed by atoms with van der Waals surface area (Å²) in [6.45, 7) is 0. The quantitative estimate of drug-likeness (QED) is 0.750. The first-order valence-electron chi connectivity index (χ1n) is 7.62. The topological polar surface area (TPSA) is 91.7 Å². The van der Waals surface area contributed by atoms with Crippen LogP contribution in [-0.2, 0) is 10.2 Å². The molecule has 3 aromatic rings. The number of fused-ring (bicyclic) bond motifs is 1. The number of H-pyrrole nitrogens is 1. The molecule has 6 heteroatoms. The number of nitrogens with zero attached hydrogens (tertiary/aromatic N) is 3. The van der Waals surface area contributed by atoms with E-state index in [0.29, 0.717) is 22.6 Å². The van der Waals surface area contributed by atoms with E-state index in [1.165, 1.54) is 13.3 Å². The van der Waals surface area contributed by atoms with Crippen LogP contribution in [0.5, 0.6) is 0 Å². The average molecular weight is 318 g/mol. The van der Waals surface area contributed by atoms with Crippen LogP contribution in [0.4, 0.5) is 0 Å². The SMILES string of the molecule is COC(=O)c1ccnc2nc(-c3ccc(C4(C#N)CC4)cc3)[nH]c12. The van der Waals surface area contributed by atoms with Crippen LogP contribution in [0.2, 0.25) is 0 Å². The second-order valence-corrected chi connectivity index (χ2v) is 5.91. The van der Waals surface area contributed by atoms with E-state index < -0.39 is 5.97 Å². The Kier molecular flexibility index (Phi) is 3.10. The highest BCUT2D eigenvalue weighted by Crippen LogP contribution is 2.47. The van der Waals surface area contributed by atoms with Crippen LogP contribution < -0.4 is 0 Å². The van der Waals surface area contributed by atoms with Crippen molar-refractivity contribution in [3.8, 4) is 17.5 Å². The van der Waals surface area contributed by atoms with Gasteiger partial charge in [0.1, 0.15) is 5.82 Å². The lowest BCUT2D eigenvalue weighted by atomic mass is 9.96. The number of aromatic nitrogens is 3. The van der Waals surface area contributed by atoms with Crippen molar-refractivity contribution in [3.63, 3.8) is 0 Å². The van der Waals surface area contributed by atoms with Gasteiger partial charge in [-0.1, -0.05) is 24.3 Å². The molecule has 0 spiro atoms. The van der Waals surface area contributed by atoms with Crippen molar-refractivity contribution in [2.45, 2.75) is 18.3 Å². The van der Waals surface area contributed by atoms with Gasteiger partial charge in [0, 0.05) is 11.8 Å². The number of esters is 1. The molecule has 1 saturated carbocycles. The van der Waals surface area contributed by atoms with E-state index in [1.54, 1.807) is 6.07 Å². The van der Waals surface area contributed by atoms with Crippen LogP contribution >= 0.6 is 0 Å². The van der Waals surface area contributed by atoms with Crippen LogP contribution in [-0.4, -0.2) is 28.0 Å².